The fourth-order valence-corrected chi connectivity index (χ4v) is 2.63. The number of rotatable bonds is 3. The van der Waals surface area contributed by atoms with E-state index in [2.05, 4.69) is 15.5 Å². The summed E-state index contributed by atoms with van der Waals surface area (Å²) in [6, 6.07) is 9.24. The number of anilines is 1. The summed E-state index contributed by atoms with van der Waals surface area (Å²) in [5, 5.41) is 11.5. The summed E-state index contributed by atoms with van der Waals surface area (Å²) in [5.74, 6) is -0.412. The Hall–Kier alpha value is -1.79. The van der Waals surface area contributed by atoms with Crippen molar-refractivity contribution in [2.24, 2.45) is 0 Å². The molecule has 1 N–H and O–H groups in total. The number of carbonyl (C=O) groups excluding carboxylic acids is 1. The lowest BCUT2D eigenvalue weighted by Crippen LogP contribution is -2.12. The molecule has 0 aliphatic carbocycles. The van der Waals surface area contributed by atoms with Gasteiger partial charge in [0.1, 0.15) is 0 Å². The third-order valence-corrected chi connectivity index (χ3v) is 4.11. The van der Waals surface area contributed by atoms with Gasteiger partial charge in [-0.05, 0) is 36.4 Å². The van der Waals surface area contributed by atoms with E-state index in [0.29, 0.717) is 20.6 Å². The number of nitrogens with zero attached hydrogens (tertiary/aromatic N) is 2. The van der Waals surface area contributed by atoms with Crippen molar-refractivity contribution < 1.29 is 9.21 Å². The fourth-order valence-electron chi connectivity index (χ4n) is 1.88. The Morgan fingerprint density at radius 3 is 2.33 bits per heavy atom. The van der Waals surface area contributed by atoms with Gasteiger partial charge in [0.15, 0.2) is 0 Å². The van der Waals surface area contributed by atoms with Crippen LogP contribution < -0.4 is 5.32 Å². The minimum Gasteiger partial charge on any atom is -0.403 e. The van der Waals surface area contributed by atoms with E-state index in [9.17, 15) is 4.79 Å². The highest BCUT2D eigenvalue weighted by Gasteiger charge is 2.17. The van der Waals surface area contributed by atoms with Crippen LogP contribution in [0.25, 0.3) is 11.5 Å². The van der Waals surface area contributed by atoms with Crippen LogP contribution in [0.15, 0.2) is 40.8 Å². The first-order valence-corrected chi connectivity index (χ1v) is 8.00. The number of aromatic nitrogens is 2. The summed E-state index contributed by atoms with van der Waals surface area (Å²) in [6.45, 7) is 0. The quantitative estimate of drug-likeness (QED) is 0.618. The largest absolute Gasteiger partial charge is 0.403 e. The van der Waals surface area contributed by atoms with Crippen molar-refractivity contribution in [3.63, 3.8) is 0 Å². The predicted molar refractivity (Wildman–Crippen MR) is 94.2 cm³/mol. The molecule has 0 bridgehead atoms. The topological polar surface area (TPSA) is 68.0 Å². The van der Waals surface area contributed by atoms with Crippen LogP contribution in [0, 0.1) is 0 Å². The molecule has 0 saturated carbocycles. The van der Waals surface area contributed by atoms with Crippen LogP contribution in [-0.2, 0) is 0 Å². The van der Waals surface area contributed by atoms with Crippen LogP contribution in [0.5, 0.6) is 0 Å². The lowest BCUT2D eigenvalue weighted by Gasteiger charge is -2.03. The Kier molecular flexibility index (Phi) is 4.96. The highest BCUT2D eigenvalue weighted by molar-refractivity contribution is 6.36. The van der Waals surface area contributed by atoms with Crippen molar-refractivity contribution in [1.29, 1.82) is 0 Å². The van der Waals surface area contributed by atoms with Gasteiger partial charge in [0, 0.05) is 10.0 Å². The van der Waals surface area contributed by atoms with E-state index >= 15 is 0 Å². The second-order valence-corrected chi connectivity index (χ2v) is 6.30. The number of carbonyl (C=O) groups is 1. The first kappa shape index (κ1) is 17.0. The van der Waals surface area contributed by atoms with Gasteiger partial charge in [0.25, 0.3) is 11.8 Å². The average molecular weight is 403 g/mol. The van der Waals surface area contributed by atoms with Gasteiger partial charge in [-0.3, -0.25) is 10.1 Å². The van der Waals surface area contributed by atoms with Crippen LogP contribution >= 0.6 is 46.4 Å². The Morgan fingerprint density at radius 1 is 0.917 bits per heavy atom. The summed E-state index contributed by atoms with van der Waals surface area (Å²) in [4.78, 5) is 12.2. The molecule has 1 aromatic heterocycles. The number of hydrogen-bond donors (Lipinski definition) is 1. The number of hydrogen-bond acceptors (Lipinski definition) is 4. The standard InChI is InChI=1S/C15H7Cl4N3O2/c16-7-1-3-11(18)9(5-7)13(23)20-15-22-21-14(24-15)10-6-8(17)2-4-12(10)19/h1-6H,(H,20,22,23). The van der Waals surface area contributed by atoms with Crippen molar-refractivity contribution in [3.8, 4) is 11.5 Å². The molecule has 5 nitrogen and oxygen atoms in total. The van der Waals surface area contributed by atoms with Crippen molar-refractivity contribution in [3.05, 3.63) is 62.1 Å². The van der Waals surface area contributed by atoms with E-state index in [1.807, 2.05) is 0 Å². The fraction of sp³-hybridized carbons (Fsp3) is 0. The second kappa shape index (κ2) is 6.99. The zero-order valence-electron chi connectivity index (χ0n) is 11.7. The van der Waals surface area contributed by atoms with Gasteiger partial charge in [0.2, 0.25) is 0 Å². The van der Waals surface area contributed by atoms with Gasteiger partial charge < -0.3 is 4.42 Å². The molecule has 9 heteroatoms. The van der Waals surface area contributed by atoms with E-state index in [1.165, 1.54) is 12.1 Å². The Labute approximate surface area is 156 Å². The SMILES string of the molecule is O=C(Nc1nnc(-c2cc(Cl)ccc2Cl)o1)c1cc(Cl)ccc1Cl. The predicted octanol–water partition coefficient (Wildman–Crippen LogP) is 5.60. The number of nitrogens with one attached hydrogen (secondary N) is 1. The highest BCUT2D eigenvalue weighted by Crippen LogP contribution is 2.30. The molecule has 0 aliphatic heterocycles. The van der Waals surface area contributed by atoms with Gasteiger partial charge >= 0.3 is 6.01 Å². The second-order valence-electron chi connectivity index (χ2n) is 4.61. The number of benzene rings is 2. The first-order valence-electron chi connectivity index (χ1n) is 6.49. The van der Waals surface area contributed by atoms with Crippen molar-refractivity contribution in [2.75, 3.05) is 5.32 Å². The maximum atomic E-state index is 12.2. The Bertz CT molecular complexity index is 927. The molecule has 0 fully saturated rings. The maximum Gasteiger partial charge on any atom is 0.322 e. The Morgan fingerprint density at radius 2 is 1.58 bits per heavy atom. The molecular weight excluding hydrogens is 396 g/mol. The Balaban J connectivity index is 1.85. The molecule has 3 rings (SSSR count). The number of halogens is 4. The van der Waals surface area contributed by atoms with Gasteiger partial charge in [-0.15, -0.1) is 5.10 Å². The van der Waals surface area contributed by atoms with Crippen LogP contribution in [0.3, 0.4) is 0 Å². The van der Waals surface area contributed by atoms with Crippen LogP contribution in [-0.4, -0.2) is 16.1 Å². The lowest BCUT2D eigenvalue weighted by atomic mass is 10.2. The summed E-state index contributed by atoms with van der Waals surface area (Å²) >= 11 is 23.8. The summed E-state index contributed by atoms with van der Waals surface area (Å²) < 4.78 is 5.39. The molecule has 1 amide bonds. The average Bonchev–Trinajstić information content (AvgIpc) is 3.00. The smallest absolute Gasteiger partial charge is 0.322 e. The molecule has 2 aromatic carbocycles. The maximum absolute atomic E-state index is 12.2. The van der Waals surface area contributed by atoms with Crippen LogP contribution in [0.2, 0.25) is 20.1 Å². The summed E-state index contributed by atoms with van der Waals surface area (Å²) in [5.41, 5.74) is 0.641. The molecule has 0 saturated heterocycles. The van der Waals surface area contributed by atoms with Crippen molar-refractivity contribution >= 4 is 58.3 Å². The first-order chi connectivity index (χ1) is 11.4. The van der Waals surface area contributed by atoms with E-state index in [0.717, 1.165) is 0 Å². The van der Waals surface area contributed by atoms with Crippen LogP contribution in [0.4, 0.5) is 6.01 Å². The highest BCUT2D eigenvalue weighted by atomic mass is 35.5. The molecule has 122 valence electrons. The minimum absolute atomic E-state index is 0.109. The molecule has 0 spiro atoms. The lowest BCUT2D eigenvalue weighted by molar-refractivity contribution is 0.102. The van der Waals surface area contributed by atoms with Gasteiger partial charge in [-0.1, -0.05) is 51.5 Å². The van der Waals surface area contributed by atoms with E-state index < -0.39 is 5.91 Å². The summed E-state index contributed by atoms with van der Waals surface area (Å²) in [7, 11) is 0. The third kappa shape index (κ3) is 3.65. The van der Waals surface area contributed by atoms with E-state index in [4.69, 9.17) is 50.8 Å². The minimum atomic E-state index is -0.533. The van der Waals surface area contributed by atoms with Gasteiger partial charge in [-0.25, -0.2) is 0 Å². The molecule has 0 aliphatic rings. The van der Waals surface area contributed by atoms with E-state index in [1.54, 1.807) is 24.3 Å². The van der Waals surface area contributed by atoms with Crippen molar-refractivity contribution in [1.82, 2.24) is 10.2 Å². The summed E-state index contributed by atoms with van der Waals surface area (Å²) in [6.07, 6.45) is 0. The molecule has 0 unspecified atom stereocenters. The molecule has 0 atom stereocenters. The normalized spacial score (nSPS) is 10.7. The van der Waals surface area contributed by atoms with Crippen LogP contribution in [0.1, 0.15) is 10.4 Å². The molecule has 24 heavy (non-hydrogen) atoms. The zero-order chi connectivity index (χ0) is 17.3. The monoisotopic (exact) mass is 401 g/mol. The van der Waals surface area contributed by atoms with Gasteiger partial charge in [-0.2, -0.15) is 0 Å². The molecular formula is C15H7Cl4N3O2. The molecule has 1 heterocycles. The zero-order valence-corrected chi connectivity index (χ0v) is 14.7. The third-order valence-electron chi connectivity index (χ3n) is 2.98. The molecule has 3 aromatic rings. The molecule has 0 radical (unpaired) electrons. The van der Waals surface area contributed by atoms with Crippen molar-refractivity contribution in [2.45, 2.75) is 0 Å². The number of amides is 1. The van der Waals surface area contributed by atoms with Gasteiger partial charge in [0.05, 0.1) is 21.2 Å². The van der Waals surface area contributed by atoms with E-state index in [-0.39, 0.29) is 22.5 Å².